The number of halogens is 3. The van der Waals surface area contributed by atoms with Crippen molar-refractivity contribution in [2.75, 3.05) is 57.8 Å². The predicted molar refractivity (Wildman–Crippen MR) is 262 cm³/mol. The summed E-state index contributed by atoms with van der Waals surface area (Å²) >= 11 is 6.71. The number of carbonyl (C=O) groups is 4. The quantitative estimate of drug-likeness (QED) is 0.112. The van der Waals surface area contributed by atoms with Gasteiger partial charge in [-0.3, -0.25) is 29.3 Å². The number of aryl methyl sites for hydroxylation is 1. The first-order valence-corrected chi connectivity index (χ1v) is 24.9. The van der Waals surface area contributed by atoms with Crippen molar-refractivity contribution in [3.8, 4) is 22.6 Å². The maximum Gasteiger partial charge on any atom is 0.329 e. The first-order chi connectivity index (χ1) is 33.7. The lowest BCUT2D eigenvalue weighted by Gasteiger charge is -2.37. The maximum atomic E-state index is 16.2. The standard InChI is InChI=1S/C53H59ClF2N8O6/c1-30-44-42(26-39(55)47(54)46(44)45-38(49(57)66)15-16-41(69-3)48(45)56)70-53(30,35-7-5-4-6-8-35)29-58-36-12-9-33(10-13-36)51(67)63-23-17-31(28-63)27-62-21-18-32(19-22-62)34-11-14-37-40(25-34)61(2)60-50(37)64-24-20-43(65)59-52(64)68/h4-8,11,14-16,25-26,30-33,36,58H,9-10,12-13,17-24,27-29H2,1-3H3,(H2,57,66)(H,59,65,68)/t30-,31-,33?,36?,53-/m0/s1. The van der Waals surface area contributed by atoms with Crippen molar-refractivity contribution in [3.05, 3.63) is 106 Å². The second-order valence-electron chi connectivity index (χ2n) is 19.8. The number of imide groups is 1. The Morgan fingerprint density at radius 2 is 1.71 bits per heavy atom. The van der Waals surface area contributed by atoms with Crippen molar-refractivity contribution < 1.29 is 37.4 Å². The fourth-order valence-electron chi connectivity index (χ4n) is 11.9. The molecule has 5 aliphatic rings. The third-order valence-corrected chi connectivity index (χ3v) is 16.2. The van der Waals surface area contributed by atoms with Gasteiger partial charge in [0, 0.05) is 92.2 Å². The number of nitrogens with two attached hydrogens (primary N) is 1. The summed E-state index contributed by atoms with van der Waals surface area (Å²) in [4.78, 5) is 57.2. The summed E-state index contributed by atoms with van der Waals surface area (Å²) in [5.41, 5.74) is 7.79. The molecule has 1 aliphatic carbocycles. The van der Waals surface area contributed by atoms with Gasteiger partial charge in [0.05, 0.1) is 23.2 Å². The van der Waals surface area contributed by atoms with E-state index < -0.39 is 35.1 Å². The molecule has 5 aromatic rings. The molecule has 3 saturated heterocycles. The van der Waals surface area contributed by atoms with E-state index >= 15 is 8.78 Å². The molecule has 4 N–H and O–H groups in total. The monoisotopic (exact) mass is 976 g/mol. The third-order valence-electron chi connectivity index (χ3n) is 15.8. The van der Waals surface area contributed by atoms with Crippen LogP contribution in [0.15, 0.2) is 66.7 Å². The molecule has 0 spiro atoms. The lowest BCUT2D eigenvalue weighted by Crippen LogP contribution is -2.49. The smallest absolute Gasteiger partial charge is 0.329 e. The van der Waals surface area contributed by atoms with E-state index in [1.807, 2.05) is 49.0 Å². The first-order valence-electron chi connectivity index (χ1n) is 24.5. The number of anilines is 1. The summed E-state index contributed by atoms with van der Waals surface area (Å²) in [6, 6.07) is 19.6. The molecule has 3 atom stereocenters. The van der Waals surface area contributed by atoms with Crippen molar-refractivity contribution in [2.45, 2.75) is 81.8 Å². The van der Waals surface area contributed by atoms with Crippen LogP contribution >= 0.6 is 11.6 Å². The van der Waals surface area contributed by atoms with Crippen molar-refractivity contribution >= 4 is 52.1 Å². The molecule has 0 unspecified atom stereocenters. The van der Waals surface area contributed by atoms with Crippen LogP contribution in [-0.4, -0.2) is 102 Å². The van der Waals surface area contributed by atoms with Crippen LogP contribution in [0.1, 0.15) is 97.2 Å². The van der Waals surface area contributed by atoms with E-state index in [9.17, 15) is 19.2 Å². The van der Waals surface area contributed by atoms with E-state index in [1.54, 1.807) is 4.90 Å². The molecule has 0 bridgehead atoms. The lowest BCUT2D eigenvalue weighted by atomic mass is 9.77. The number of nitrogens with one attached hydrogen (secondary N) is 2. The second-order valence-corrected chi connectivity index (χ2v) is 20.2. The Morgan fingerprint density at radius 1 is 0.957 bits per heavy atom. The summed E-state index contributed by atoms with van der Waals surface area (Å²) < 4.78 is 45.9. The average Bonchev–Trinajstić information content (AvgIpc) is 4.05. The molecule has 1 saturated carbocycles. The van der Waals surface area contributed by atoms with Gasteiger partial charge in [-0.25, -0.2) is 13.6 Å². The molecule has 368 valence electrons. The molecule has 0 radical (unpaired) electrons. The molecule has 70 heavy (non-hydrogen) atoms. The zero-order valence-electron chi connectivity index (χ0n) is 39.7. The molecule has 1 aromatic heterocycles. The fraction of sp³-hybridized carbons (Fsp3) is 0.453. The number of benzene rings is 4. The van der Waals surface area contributed by atoms with Gasteiger partial charge in [-0.05, 0) is 105 Å². The van der Waals surface area contributed by atoms with E-state index in [1.165, 1.54) is 30.9 Å². The SMILES string of the molecule is COc1ccc(C(N)=O)c(-c2c(Cl)c(F)cc3c2[C@H](C)[C@@](CNC2CCC(C(=O)N4CC[C@@H](CN5CCC(c6ccc7c(N8CCC(=O)NC8=O)nn(C)c7c6)CC5)C4)CC2)(c2ccccc2)O3)c1F. The third kappa shape index (κ3) is 8.65. The number of carbonyl (C=O) groups excluding carboxylic acids is 4. The number of nitrogens with zero attached hydrogens (tertiary/aromatic N) is 5. The van der Waals surface area contributed by atoms with Crippen LogP contribution < -0.4 is 30.7 Å². The largest absolute Gasteiger partial charge is 0.494 e. The molecular formula is C53H59ClF2N8O6. The number of methoxy groups -OCH3 is 1. The Balaban J connectivity index is 0.743. The summed E-state index contributed by atoms with van der Waals surface area (Å²) in [6.45, 7) is 7.10. The minimum Gasteiger partial charge on any atom is -0.494 e. The minimum absolute atomic E-state index is 0.000423. The highest BCUT2D eigenvalue weighted by Gasteiger charge is 2.50. The van der Waals surface area contributed by atoms with Crippen LogP contribution in [-0.2, 0) is 22.2 Å². The van der Waals surface area contributed by atoms with Crippen LogP contribution in [0.4, 0.5) is 19.4 Å². The number of ether oxygens (including phenoxy) is 2. The predicted octanol–water partition coefficient (Wildman–Crippen LogP) is 7.99. The van der Waals surface area contributed by atoms with Gasteiger partial charge in [-0.2, -0.15) is 5.10 Å². The van der Waals surface area contributed by atoms with E-state index in [-0.39, 0.29) is 63.4 Å². The number of fused-ring (bicyclic) bond motifs is 2. The molecule has 4 aromatic carbocycles. The van der Waals surface area contributed by atoms with Gasteiger partial charge in [0.15, 0.2) is 23.0 Å². The van der Waals surface area contributed by atoms with Gasteiger partial charge in [0.25, 0.3) is 0 Å². The number of hydrogen-bond acceptors (Lipinski definition) is 9. The summed E-state index contributed by atoms with van der Waals surface area (Å²) in [6.07, 6.45) is 6.44. The van der Waals surface area contributed by atoms with E-state index in [0.717, 1.165) is 94.1 Å². The second kappa shape index (κ2) is 19.2. The molecule has 4 fully saturated rings. The molecule has 10 rings (SSSR count). The molecule has 5 heterocycles. The van der Waals surface area contributed by atoms with Gasteiger partial charge < -0.3 is 30.3 Å². The zero-order valence-corrected chi connectivity index (χ0v) is 40.5. The van der Waals surface area contributed by atoms with Crippen LogP contribution in [0.25, 0.3) is 22.0 Å². The number of aromatic nitrogens is 2. The topological polar surface area (TPSA) is 164 Å². The molecule has 17 heteroatoms. The Morgan fingerprint density at radius 3 is 2.43 bits per heavy atom. The Bertz CT molecular complexity index is 2870. The van der Waals surface area contributed by atoms with Crippen molar-refractivity contribution in [1.82, 2.24) is 30.2 Å². The number of likely N-dealkylation sites (tertiary alicyclic amines) is 2. The fourth-order valence-corrected chi connectivity index (χ4v) is 12.2. The van der Waals surface area contributed by atoms with E-state index in [2.05, 4.69) is 43.7 Å². The van der Waals surface area contributed by atoms with Crippen LogP contribution in [0.3, 0.4) is 0 Å². The number of rotatable bonds is 12. The van der Waals surface area contributed by atoms with Crippen LogP contribution in [0.2, 0.25) is 5.02 Å². The molecule has 4 aliphatic heterocycles. The number of amides is 5. The zero-order chi connectivity index (χ0) is 49.0. The highest BCUT2D eigenvalue weighted by Crippen LogP contribution is 2.56. The van der Waals surface area contributed by atoms with E-state index in [0.29, 0.717) is 36.3 Å². The van der Waals surface area contributed by atoms with Crippen LogP contribution in [0, 0.1) is 23.5 Å². The maximum absolute atomic E-state index is 16.2. The summed E-state index contributed by atoms with van der Waals surface area (Å²) in [7, 11) is 3.19. The van der Waals surface area contributed by atoms with Crippen LogP contribution in [0.5, 0.6) is 11.5 Å². The van der Waals surface area contributed by atoms with Gasteiger partial charge in [-0.15, -0.1) is 0 Å². The first kappa shape index (κ1) is 47.6. The Kier molecular flexibility index (Phi) is 13.1. The van der Waals surface area contributed by atoms with Crippen molar-refractivity contribution in [1.29, 1.82) is 0 Å². The van der Waals surface area contributed by atoms with Gasteiger partial charge in [0.1, 0.15) is 11.6 Å². The van der Waals surface area contributed by atoms with Crippen molar-refractivity contribution in [3.63, 3.8) is 0 Å². The Labute approximate surface area is 410 Å². The number of piperidine rings is 1. The molecular weight excluding hydrogens is 918 g/mol. The lowest BCUT2D eigenvalue weighted by molar-refractivity contribution is -0.135. The number of urea groups is 1. The summed E-state index contributed by atoms with van der Waals surface area (Å²) in [5.74, 6) is -1.72. The highest BCUT2D eigenvalue weighted by molar-refractivity contribution is 6.34. The Hall–Kier alpha value is -6.10. The number of hydrogen-bond donors (Lipinski definition) is 3. The summed E-state index contributed by atoms with van der Waals surface area (Å²) in [5, 5.41) is 11.3. The average molecular weight is 978 g/mol. The minimum atomic E-state index is -1.07. The van der Waals surface area contributed by atoms with Crippen molar-refractivity contribution in [2.24, 2.45) is 24.6 Å². The van der Waals surface area contributed by atoms with Gasteiger partial charge in [0.2, 0.25) is 17.7 Å². The van der Waals surface area contributed by atoms with Gasteiger partial charge >= 0.3 is 6.03 Å². The normalized spacial score (nSPS) is 24.2. The highest BCUT2D eigenvalue weighted by atomic mass is 35.5. The van der Waals surface area contributed by atoms with E-state index in [4.69, 9.17) is 26.8 Å². The molecule has 5 amide bonds. The molecule has 14 nitrogen and oxygen atoms in total. The number of primary amides is 1. The van der Waals surface area contributed by atoms with Gasteiger partial charge in [-0.1, -0.05) is 54.9 Å².